The molecule has 0 unspecified atom stereocenters. The van der Waals surface area contributed by atoms with Gasteiger partial charge in [-0.3, -0.25) is 0 Å². The Bertz CT molecular complexity index is 833. The topological polar surface area (TPSA) is 57.9 Å². The molecule has 112 valence electrons. The van der Waals surface area contributed by atoms with Gasteiger partial charge in [0.15, 0.2) is 9.84 Å². The van der Waals surface area contributed by atoms with Crippen LogP contribution in [0.3, 0.4) is 0 Å². The number of nitrogens with zero attached hydrogens (tertiary/aromatic N) is 1. The number of rotatable bonds is 4. The van der Waals surface area contributed by atoms with Crippen LogP contribution in [0.15, 0.2) is 53.4 Å². The lowest BCUT2D eigenvalue weighted by Gasteiger charge is -2.03. The molecule has 3 nitrogen and oxygen atoms in total. The number of benzene rings is 2. The van der Waals surface area contributed by atoms with Crippen molar-refractivity contribution < 1.29 is 17.2 Å². The molecule has 0 amide bonds. The van der Waals surface area contributed by atoms with Crippen molar-refractivity contribution in [3.8, 4) is 6.07 Å². The molecule has 0 aliphatic heterocycles. The summed E-state index contributed by atoms with van der Waals surface area (Å²) < 4.78 is 50.7. The lowest BCUT2D eigenvalue weighted by molar-refractivity contribution is 0.582. The molecule has 0 atom stereocenters. The maximum atomic E-state index is 13.1. The number of sulfone groups is 1. The number of nitriles is 1. The fourth-order valence-electron chi connectivity index (χ4n) is 1.87. The average Bonchev–Trinajstić information content (AvgIpc) is 2.44. The van der Waals surface area contributed by atoms with E-state index in [0.717, 1.165) is 18.2 Å². The van der Waals surface area contributed by atoms with Gasteiger partial charge in [0.1, 0.15) is 22.6 Å². The van der Waals surface area contributed by atoms with Crippen molar-refractivity contribution >= 4 is 15.9 Å². The van der Waals surface area contributed by atoms with Gasteiger partial charge in [-0.2, -0.15) is 5.26 Å². The SMILES string of the molecule is N#C/C(=C\c1cc(F)cc(F)c1)S(=O)(=O)Cc1ccccc1. The third kappa shape index (κ3) is 3.99. The van der Waals surface area contributed by atoms with Gasteiger partial charge in [-0.1, -0.05) is 30.3 Å². The van der Waals surface area contributed by atoms with Gasteiger partial charge in [-0.15, -0.1) is 0 Å². The first-order valence-electron chi connectivity index (χ1n) is 6.25. The lowest BCUT2D eigenvalue weighted by atomic mass is 10.2. The molecule has 0 saturated carbocycles. The fourth-order valence-corrected chi connectivity index (χ4v) is 3.11. The summed E-state index contributed by atoms with van der Waals surface area (Å²) in [6, 6.07) is 12.5. The van der Waals surface area contributed by atoms with Gasteiger partial charge in [0, 0.05) is 6.07 Å². The third-order valence-electron chi connectivity index (χ3n) is 2.83. The molecule has 0 heterocycles. The van der Waals surface area contributed by atoms with Gasteiger partial charge in [0.25, 0.3) is 0 Å². The third-order valence-corrected chi connectivity index (χ3v) is 4.42. The molecule has 0 bridgehead atoms. The Balaban J connectivity index is 2.38. The highest BCUT2D eigenvalue weighted by Gasteiger charge is 2.18. The molecule has 0 spiro atoms. The van der Waals surface area contributed by atoms with E-state index in [1.807, 2.05) is 0 Å². The van der Waals surface area contributed by atoms with E-state index in [1.54, 1.807) is 36.4 Å². The second-order valence-corrected chi connectivity index (χ2v) is 6.53. The van der Waals surface area contributed by atoms with Crippen LogP contribution in [0, 0.1) is 23.0 Å². The van der Waals surface area contributed by atoms with Crippen LogP contribution < -0.4 is 0 Å². The van der Waals surface area contributed by atoms with Crippen molar-refractivity contribution in [3.05, 3.63) is 76.2 Å². The quantitative estimate of drug-likeness (QED) is 0.811. The molecule has 0 fully saturated rings. The smallest absolute Gasteiger partial charge is 0.192 e. The van der Waals surface area contributed by atoms with Crippen LogP contribution in [-0.4, -0.2) is 8.42 Å². The van der Waals surface area contributed by atoms with E-state index in [9.17, 15) is 17.2 Å². The highest BCUT2D eigenvalue weighted by molar-refractivity contribution is 7.95. The van der Waals surface area contributed by atoms with Crippen molar-refractivity contribution in [2.24, 2.45) is 0 Å². The summed E-state index contributed by atoms with van der Waals surface area (Å²) in [4.78, 5) is -0.540. The van der Waals surface area contributed by atoms with Gasteiger partial charge < -0.3 is 0 Å². The monoisotopic (exact) mass is 319 g/mol. The summed E-state index contributed by atoms with van der Waals surface area (Å²) in [5.74, 6) is -2.04. The number of hydrogen-bond donors (Lipinski definition) is 0. The number of allylic oxidation sites excluding steroid dienone is 1. The molecule has 2 aromatic rings. The van der Waals surface area contributed by atoms with Gasteiger partial charge >= 0.3 is 0 Å². The zero-order valence-corrected chi connectivity index (χ0v) is 12.1. The average molecular weight is 319 g/mol. The van der Waals surface area contributed by atoms with E-state index >= 15 is 0 Å². The van der Waals surface area contributed by atoms with Crippen LogP contribution in [0.1, 0.15) is 11.1 Å². The first-order chi connectivity index (χ1) is 10.4. The maximum Gasteiger partial charge on any atom is 0.192 e. The minimum absolute atomic E-state index is 0.0225. The van der Waals surface area contributed by atoms with Crippen LogP contribution >= 0.6 is 0 Å². The van der Waals surface area contributed by atoms with E-state index in [-0.39, 0.29) is 11.3 Å². The standard InChI is InChI=1S/C16H11F2NO2S/c17-14-6-13(7-15(18)9-14)8-16(10-19)22(20,21)11-12-4-2-1-3-5-12/h1-9H,11H2/b16-8+. The summed E-state index contributed by atoms with van der Waals surface area (Å²) >= 11 is 0. The van der Waals surface area contributed by atoms with E-state index in [4.69, 9.17) is 5.26 Å². The molecule has 0 saturated heterocycles. The summed E-state index contributed by atoms with van der Waals surface area (Å²) in [5, 5.41) is 9.05. The largest absolute Gasteiger partial charge is 0.223 e. The van der Waals surface area contributed by atoms with Crippen LogP contribution in [0.25, 0.3) is 6.08 Å². The Labute approximate surface area is 127 Å². The zero-order valence-electron chi connectivity index (χ0n) is 11.3. The second kappa shape index (κ2) is 6.50. The minimum atomic E-state index is -3.89. The van der Waals surface area contributed by atoms with E-state index in [1.165, 1.54) is 0 Å². The Morgan fingerprint density at radius 1 is 1.09 bits per heavy atom. The van der Waals surface area contributed by atoms with Crippen LogP contribution in [0.2, 0.25) is 0 Å². The minimum Gasteiger partial charge on any atom is -0.223 e. The molecular weight excluding hydrogens is 308 g/mol. The predicted molar refractivity (Wildman–Crippen MR) is 79.0 cm³/mol. The van der Waals surface area contributed by atoms with Gasteiger partial charge in [0.2, 0.25) is 0 Å². The van der Waals surface area contributed by atoms with E-state index in [0.29, 0.717) is 11.6 Å². The molecule has 0 radical (unpaired) electrons. The highest BCUT2D eigenvalue weighted by atomic mass is 32.2. The Morgan fingerprint density at radius 2 is 1.68 bits per heavy atom. The molecule has 2 aromatic carbocycles. The Kier molecular flexibility index (Phi) is 4.68. The normalized spacial score (nSPS) is 12.0. The van der Waals surface area contributed by atoms with Gasteiger partial charge in [0.05, 0.1) is 5.75 Å². The Hall–Kier alpha value is -2.52. The maximum absolute atomic E-state index is 13.1. The lowest BCUT2D eigenvalue weighted by Crippen LogP contribution is -2.06. The van der Waals surface area contributed by atoms with Crippen molar-refractivity contribution in [3.63, 3.8) is 0 Å². The summed E-state index contributed by atoms with van der Waals surface area (Å²) in [6.45, 7) is 0. The summed E-state index contributed by atoms with van der Waals surface area (Å²) in [6.07, 6.45) is 0.963. The first-order valence-corrected chi connectivity index (χ1v) is 7.90. The molecule has 0 aromatic heterocycles. The predicted octanol–water partition coefficient (Wildman–Crippen LogP) is 3.44. The summed E-state index contributed by atoms with van der Waals surface area (Å²) in [5.41, 5.74) is 0.500. The Morgan fingerprint density at radius 3 is 2.23 bits per heavy atom. The van der Waals surface area contributed by atoms with Crippen molar-refractivity contribution in [2.45, 2.75) is 5.75 Å². The van der Waals surface area contributed by atoms with Gasteiger partial charge in [-0.25, -0.2) is 17.2 Å². The van der Waals surface area contributed by atoms with Crippen LogP contribution in [-0.2, 0) is 15.6 Å². The summed E-state index contributed by atoms with van der Waals surface area (Å²) in [7, 11) is -3.89. The van der Waals surface area contributed by atoms with Crippen LogP contribution in [0.5, 0.6) is 0 Å². The first kappa shape index (κ1) is 15.9. The van der Waals surface area contributed by atoms with E-state index in [2.05, 4.69) is 0 Å². The number of hydrogen-bond acceptors (Lipinski definition) is 3. The molecular formula is C16H11F2NO2S. The fraction of sp³-hybridized carbons (Fsp3) is 0.0625. The molecule has 22 heavy (non-hydrogen) atoms. The molecule has 6 heteroatoms. The van der Waals surface area contributed by atoms with Gasteiger partial charge in [-0.05, 0) is 29.3 Å². The van der Waals surface area contributed by atoms with Crippen molar-refractivity contribution in [1.82, 2.24) is 0 Å². The highest BCUT2D eigenvalue weighted by Crippen LogP contribution is 2.18. The van der Waals surface area contributed by atoms with Crippen molar-refractivity contribution in [2.75, 3.05) is 0 Å². The number of halogens is 2. The second-order valence-electron chi connectivity index (χ2n) is 4.57. The zero-order chi connectivity index (χ0) is 16.2. The molecule has 0 N–H and O–H groups in total. The van der Waals surface area contributed by atoms with E-state index < -0.39 is 26.4 Å². The molecule has 0 aliphatic carbocycles. The van der Waals surface area contributed by atoms with Crippen molar-refractivity contribution in [1.29, 1.82) is 5.26 Å². The van der Waals surface area contributed by atoms with Crippen LogP contribution in [0.4, 0.5) is 8.78 Å². The molecule has 0 aliphatic rings. The molecule has 2 rings (SSSR count).